The maximum absolute atomic E-state index is 13.9. The normalized spacial score (nSPS) is 18.5. The Kier molecular flexibility index (Phi) is 11.9. The number of hydrogen-bond acceptors (Lipinski definition) is 8. The predicted molar refractivity (Wildman–Crippen MR) is 193 cm³/mol. The molecular formula is C38H38Cl2F2N4O7. The third-order valence-corrected chi connectivity index (χ3v) is 10.2. The summed E-state index contributed by atoms with van der Waals surface area (Å²) in [5, 5.41) is 22.6. The topological polar surface area (TPSA) is 128 Å². The Balaban J connectivity index is 1.43. The van der Waals surface area contributed by atoms with E-state index < -0.39 is 30.7 Å². The summed E-state index contributed by atoms with van der Waals surface area (Å²) >= 11 is 13.1. The van der Waals surface area contributed by atoms with E-state index in [0.29, 0.717) is 39.2 Å². The molecule has 4 aromatic rings. The van der Waals surface area contributed by atoms with Crippen LogP contribution < -0.4 is 19.1 Å². The maximum Gasteiger partial charge on any atom is 0.414 e. The van der Waals surface area contributed by atoms with Crippen molar-refractivity contribution in [3.8, 4) is 11.5 Å². The summed E-state index contributed by atoms with van der Waals surface area (Å²) in [5.74, 6) is -1.99. The van der Waals surface area contributed by atoms with E-state index in [1.54, 1.807) is 50.5 Å². The molecule has 53 heavy (non-hydrogen) atoms. The first-order valence-electron chi connectivity index (χ1n) is 17.1. The van der Waals surface area contributed by atoms with Crippen molar-refractivity contribution >= 4 is 41.0 Å². The summed E-state index contributed by atoms with van der Waals surface area (Å²) in [7, 11) is 0. The molecule has 3 aliphatic rings. The SMILES string of the molecule is CC(C)Oc1cc([C@H](Cc2c(Cl)c[n+]([O-])cc2Cl)c2cc(CN(C(=O)O[C@H]3CN4CCC3CC4)c3cccnc3)ccc2C(=O)O)ccc1OC(F)F. The predicted octanol–water partition coefficient (Wildman–Crippen LogP) is 7.72. The molecule has 2 aromatic carbocycles. The molecule has 0 aliphatic carbocycles. The molecule has 15 heteroatoms. The molecule has 0 radical (unpaired) electrons. The van der Waals surface area contributed by atoms with Gasteiger partial charge in [0.1, 0.15) is 16.1 Å². The molecule has 0 unspecified atom stereocenters. The van der Waals surface area contributed by atoms with Crippen molar-refractivity contribution in [1.82, 2.24) is 9.88 Å². The smallest absolute Gasteiger partial charge is 0.414 e. The minimum atomic E-state index is -3.12. The Labute approximate surface area is 315 Å². The molecule has 2 bridgehead atoms. The van der Waals surface area contributed by atoms with Crippen LogP contribution in [0.4, 0.5) is 19.3 Å². The number of amides is 1. The molecule has 0 spiro atoms. The summed E-state index contributed by atoms with van der Waals surface area (Å²) in [6.45, 7) is 2.94. The van der Waals surface area contributed by atoms with Gasteiger partial charge in [-0.3, -0.25) is 14.8 Å². The number of anilines is 1. The second-order valence-corrected chi connectivity index (χ2v) is 14.2. The van der Waals surface area contributed by atoms with E-state index in [2.05, 4.69) is 9.88 Å². The lowest BCUT2D eigenvalue weighted by atomic mass is 9.82. The number of fused-ring (bicyclic) bond motifs is 3. The van der Waals surface area contributed by atoms with Crippen molar-refractivity contribution in [2.24, 2.45) is 5.92 Å². The van der Waals surface area contributed by atoms with E-state index in [4.69, 9.17) is 37.4 Å². The average Bonchev–Trinajstić information content (AvgIpc) is 3.11. The Morgan fingerprint density at radius 3 is 2.40 bits per heavy atom. The van der Waals surface area contributed by atoms with Crippen molar-refractivity contribution in [3.63, 3.8) is 0 Å². The van der Waals surface area contributed by atoms with Gasteiger partial charge in [-0.2, -0.15) is 13.5 Å². The number of carboxylic acids is 1. The second-order valence-electron chi connectivity index (χ2n) is 13.4. The zero-order chi connectivity index (χ0) is 37.8. The number of halogens is 4. The number of hydrogen-bond donors (Lipinski definition) is 1. The average molecular weight is 772 g/mol. The summed E-state index contributed by atoms with van der Waals surface area (Å²) < 4.78 is 43.9. The van der Waals surface area contributed by atoms with Crippen LogP contribution in [0.3, 0.4) is 0 Å². The van der Waals surface area contributed by atoms with Crippen LogP contribution in [0.15, 0.2) is 73.3 Å². The number of ether oxygens (including phenoxy) is 3. The summed E-state index contributed by atoms with van der Waals surface area (Å²) in [6, 6.07) is 12.5. The summed E-state index contributed by atoms with van der Waals surface area (Å²) in [6.07, 6.45) is 6.06. The number of carbonyl (C=O) groups excluding carboxylic acids is 1. The highest BCUT2D eigenvalue weighted by atomic mass is 35.5. The molecule has 3 saturated heterocycles. The van der Waals surface area contributed by atoms with Crippen LogP contribution in [-0.4, -0.2) is 65.5 Å². The van der Waals surface area contributed by atoms with E-state index in [1.807, 2.05) is 0 Å². The number of alkyl halides is 2. The molecule has 7 rings (SSSR count). The van der Waals surface area contributed by atoms with Gasteiger partial charge in [0.2, 0.25) is 0 Å². The number of carbonyl (C=O) groups is 2. The highest BCUT2D eigenvalue weighted by molar-refractivity contribution is 6.35. The Bertz CT molecular complexity index is 1920. The Hall–Kier alpha value is -4.72. The lowest BCUT2D eigenvalue weighted by Gasteiger charge is -2.44. The molecule has 3 fully saturated rings. The third kappa shape index (κ3) is 9.09. The van der Waals surface area contributed by atoms with Crippen LogP contribution in [0.25, 0.3) is 0 Å². The lowest BCUT2D eigenvalue weighted by molar-refractivity contribution is -0.605. The standard InChI is InChI=1S/C38H38Cl2F2N4O7/c1-22(2)51-34-15-25(6-8-33(34)52-37(41)42)28(16-30-31(39)19-45(50)20-32(30)40)29-14-23(5-7-27(29)36(47)48)18-46(26-4-3-11-43-17-26)38(49)53-35-21-44-12-9-24(35)10-13-44/h3-8,11,14-15,17,19-20,22,24,28,35,37H,9-10,12-13,16,18,21H2,1-2H3,(H,47,48)/t28-,35-/m0/s1. The maximum atomic E-state index is 13.9. The quantitative estimate of drug-likeness (QED) is 0.107. The van der Waals surface area contributed by atoms with Crippen molar-refractivity contribution in [2.75, 3.05) is 24.5 Å². The van der Waals surface area contributed by atoms with Gasteiger partial charge in [-0.15, -0.1) is 0 Å². The molecule has 11 nitrogen and oxygen atoms in total. The van der Waals surface area contributed by atoms with Gasteiger partial charge in [0.15, 0.2) is 23.9 Å². The minimum Gasteiger partial charge on any atom is -0.619 e. The van der Waals surface area contributed by atoms with Crippen LogP contribution in [0.2, 0.25) is 10.0 Å². The number of nitrogens with zero attached hydrogens (tertiary/aromatic N) is 4. The first-order chi connectivity index (χ1) is 25.4. The molecule has 3 aliphatic heterocycles. The summed E-state index contributed by atoms with van der Waals surface area (Å²) in [5.41, 5.74) is 2.09. The van der Waals surface area contributed by atoms with E-state index in [-0.39, 0.29) is 52.1 Å². The highest BCUT2D eigenvalue weighted by Gasteiger charge is 2.38. The van der Waals surface area contributed by atoms with E-state index >= 15 is 0 Å². The minimum absolute atomic E-state index is 0.00282. The molecule has 280 valence electrons. The number of piperidine rings is 3. The van der Waals surface area contributed by atoms with Crippen LogP contribution in [0.1, 0.15) is 65.2 Å². The molecule has 1 amide bonds. The fourth-order valence-electron chi connectivity index (χ4n) is 7.01. The largest absolute Gasteiger partial charge is 0.619 e. The first-order valence-corrected chi connectivity index (χ1v) is 17.9. The molecule has 5 heterocycles. The molecule has 1 N–H and O–H groups in total. The molecular weight excluding hydrogens is 733 g/mol. The zero-order valence-corrected chi connectivity index (χ0v) is 30.5. The van der Waals surface area contributed by atoms with Crippen molar-refractivity contribution in [1.29, 1.82) is 0 Å². The number of carboxylic acid groups (broad SMARTS) is 1. The van der Waals surface area contributed by atoms with Gasteiger partial charge in [0.25, 0.3) is 0 Å². The Morgan fingerprint density at radius 1 is 1.06 bits per heavy atom. The number of aromatic carboxylic acids is 1. The van der Waals surface area contributed by atoms with E-state index in [0.717, 1.165) is 38.3 Å². The van der Waals surface area contributed by atoms with Gasteiger partial charge in [-0.1, -0.05) is 41.4 Å². The van der Waals surface area contributed by atoms with E-state index in [1.165, 1.54) is 29.2 Å². The Morgan fingerprint density at radius 2 is 1.79 bits per heavy atom. The lowest BCUT2D eigenvalue weighted by Crippen LogP contribution is -2.53. The van der Waals surface area contributed by atoms with Crippen molar-refractivity contribution < 1.29 is 42.4 Å². The van der Waals surface area contributed by atoms with Crippen LogP contribution in [0, 0.1) is 11.1 Å². The van der Waals surface area contributed by atoms with Crippen LogP contribution in [-0.2, 0) is 17.7 Å². The number of pyridine rings is 2. The van der Waals surface area contributed by atoms with Gasteiger partial charge < -0.3 is 24.5 Å². The number of rotatable bonds is 13. The van der Waals surface area contributed by atoms with Gasteiger partial charge in [0.05, 0.1) is 30.1 Å². The van der Waals surface area contributed by atoms with Crippen LogP contribution in [0.5, 0.6) is 11.5 Å². The second kappa shape index (κ2) is 16.5. The van der Waals surface area contributed by atoms with Crippen LogP contribution >= 0.6 is 23.2 Å². The fraction of sp³-hybridized carbons (Fsp3) is 0.368. The molecule has 0 saturated carbocycles. The summed E-state index contributed by atoms with van der Waals surface area (Å²) in [4.78, 5) is 34.7. The molecule has 2 aromatic heterocycles. The third-order valence-electron chi connectivity index (χ3n) is 9.50. The van der Waals surface area contributed by atoms with E-state index in [9.17, 15) is 28.7 Å². The van der Waals surface area contributed by atoms with Crippen molar-refractivity contribution in [3.05, 3.63) is 116 Å². The highest BCUT2D eigenvalue weighted by Crippen LogP contribution is 2.40. The fourth-order valence-corrected chi connectivity index (χ4v) is 7.60. The number of benzene rings is 2. The van der Waals surface area contributed by atoms with Crippen molar-refractivity contribution in [2.45, 2.75) is 64.4 Å². The zero-order valence-electron chi connectivity index (χ0n) is 29.0. The van der Waals surface area contributed by atoms with Gasteiger partial charge in [-0.05, 0) is 99.1 Å². The monoisotopic (exact) mass is 770 g/mol. The molecule has 2 atom stereocenters. The first kappa shape index (κ1) is 38.0. The number of aromatic nitrogens is 2. The van der Waals surface area contributed by atoms with Gasteiger partial charge in [0, 0.05) is 24.2 Å². The van der Waals surface area contributed by atoms with Gasteiger partial charge >= 0.3 is 18.7 Å². The van der Waals surface area contributed by atoms with Gasteiger partial charge in [-0.25, -0.2) is 9.59 Å².